The fourth-order valence-corrected chi connectivity index (χ4v) is 4.14. The molecular weight excluding hydrogens is 365 g/mol. The van der Waals surface area contributed by atoms with E-state index in [0.717, 1.165) is 30.5 Å². The van der Waals surface area contributed by atoms with E-state index >= 15 is 0 Å². The maximum absolute atomic E-state index is 12.7. The number of piperidine rings is 1. The SMILES string of the molecule is CC(Cc1ccc(C(F)(F)F)cc1)C(=O)N(C)C1CC2CCC(C1)N2.Cl. The Morgan fingerprint density at radius 1 is 1.19 bits per heavy atom. The van der Waals surface area contributed by atoms with Crippen LogP contribution in [0.15, 0.2) is 24.3 Å². The van der Waals surface area contributed by atoms with Crippen LogP contribution in [0.1, 0.15) is 43.7 Å². The van der Waals surface area contributed by atoms with Crippen LogP contribution in [0.2, 0.25) is 0 Å². The number of benzene rings is 1. The summed E-state index contributed by atoms with van der Waals surface area (Å²) in [5.41, 5.74) is 0.102. The lowest BCUT2D eigenvalue weighted by molar-refractivity contribution is -0.138. The van der Waals surface area contributed by atoms with Gasteiger partial charge >= 0.3 is 6.18 Å². The Labute approximate surface area is 158 Å². The molecule has 26 heavy (non-hydrogen) atoms. The molecule has 1 amide bonds. The molecule has 0 saturated carbocycles. The number of hydrogen-bond acceptors (Lipinski definition) is 2. The average Bonchev–Trinajstić information content (AvgIpc) is 2.91. The molecule has 1 aromatic carbocycles. The fourth-order valence-electron chi connectivity index (χ4n) is 4.14. The monoisotopic (exact) mass is 390 g/mol. The highest BCUT2D eigenvalue weighted by atomic mass is 35.5. The summed E-state index contributed by atoms with van der Waals surface area (Å²) in [7, 11) is 1.86. The Kier molecular flexibility index (Phi) is 6.61. The van der Waals surface area contributed by atoms with Crippen LogP contribution >= 0.6 is 12.4 Å². The first kappa shape index (κ1) is 21.0. The summed E-state index contributed by atoms with van der Waals surface area (Å²) in [6, 6.07) is 6.41. The second kappa shape index (κ2) is 8.17. The lowest BCUT2D eigenvalue weighted by atomic mass is 9.95. The van der Waals surface area contributed by atoms with Gasteiger partial charge in [0.25, 0.3) is 0 Å². The molecule has 1 aromatic rings. The average molecular weight is 391 g/mol. The number of alkyl halides is 3. The van der Waals surface area contributed by atoms with Gasteiger partial charge < -0.3 is 10.2 Å². The van der Waals surface area contributed by atoms with Crippen molar-refractivity contribution >= 4 is 18.3 Å². The minimum absolute atomic E-state index is 0. The highest BCUT2D eigenvalue weighted by Gasteiger charge is 2.37. The first-order valence-electron chi connectivity index (χ1n) is 8.93. The molecule has 2 aliphatic rings. The number of amides is 1. The number of hydrogen-bond donors (Lipinski definition) is 1. The van der Waals surface area contributed by atoms with Gasteiger partial charge in [0.15, 0.2) is 0 Å². The minimum atomic E-state index is -4.32. The number of rotatable bonds is 4. The van der Waals surface area contributed by atoms with Crippen molar-refractivity contribution < 1.29 is 18.0 Å². The second-order valence-corrected chi connectivity index (χ2v) is 7.51. The fraction of sp³-hybridized carbons (Fsp3) is 0.632. The van der Waals surface area contributed by atoms with Gasteiger partial charge in [-0.3, -0.25) is 4.79 Å². The van der Waals surface area contributed by atoms with Crippen molar-refractivity contribution in [2.75, 3.05) is 7.05 Å². The van der Waals surface area contributed by atoms with E-state index in [2.05, 4.69) is 5.32 Å². The molecule has 0 radical (unpaired) electrons. The van der Waals surface area contributed by atoms with Gasteiger partial charge in [0, 0.05) is 31.1 Å². The second-order valence-electron chi connectivity index (χ2n) is 7.51. The van der Waals surface area contributed by atoms with Crippen molar-refractivity contribution in [2.45, 2.75) is 63.3 Å². The van der Waals surface area contributed by atoms with Gasteiger partial charge in [0.2, 0.25) is 5.91 Å². The zero-order valence-electron chi connectivity index (χ0n) is 15.1. The Bertz CT molecular complexity index is 608. The van der Waals surface area contributed by atoms with Gasteiger partial charge in [-0.1, -0.05) is 19.1 Å². The lowest BCUT2D eigenvalue weighted by Crippen LogP contribution is -2.50. The molecule has 1 N–H and O–H groups in total. The molecule has 7 heteroatoms. The van der Waals surface area contributed by atoms with E-state index in [1.807, 2.05) is 18.9 Å². The Balaban J connectivity index is 0.00000243. The van der Waals surface area contributed by atoms with Crippen LogP contribution in [0.5, 0.6) is 0 Å². The van der Waals surface area contributed by atoms with E-state index < -0.39 is 11.7 Å². The maximum atomic E-state index is 12.7. The van der Waals surface area contributed by atoms with Crippen LogP contribution in [0.25, 0.3) is 0 Å². The maximum Gasteiger partial charge on any atom is 0.416 e. The first-order valence-corrected chi connectivity index (χ1v) is 8.93. The summed E-state index contributed by atoms with van der Waals surface area (Å²) in [5.74, 6) is -0.166. The van der Waals surface area contributed by atoms with Crippen molar-refractivity contribution in [2.24, 2.45) is 5.92 Å². The molecule has 3 unspecified atom stereocenters. The van der Waals surface area contributed by atoms with Crippen LogP contribution in [0, 0.1) is 5.92 Å². The van der Waals surface area contributed by atoms with Crippen LogP contribution < -0.4 is 5.32 Å². The molecule has 3 nitrogen and oxygen atoms in total. The molecule has 2 bridgehead atoms. The van der Waals surface area contributed by atoms with Crippen molar-refractivity contribution in [3.8, 4) is 0 Å². The van der Waals surface area contributed by atoms with Crippen molar-refractivity contribution in [3.63, 3.8) is 0 Å². The standard InChI is InChI=1S/C19H25F3N2O.ClH/c1-12(9-13-3-5-14(6-4-13)19(20,21)22)18(25)24(2)17-10-15-7-8-16(11-17)23-15;/h3-6,12,15-17,23H,7-11H2,1-2H3;1H. The molecule has 0 aliphatic carbocycles. The third-order valence-corrected chi connectivity index (χ3v) is 5.59. The molecule has 146 valence electrons. The molecule has 2 fully saturated rings. The molecule has 3 rings (SSSR count). The summed E-state index contributed by atoms with van der Waals surface area (Å²) in [6.45, 7) is 1.85. The smallest absolute Gasteiger partial charge is 0.342 e. The Morgan fingerprint density at radius 3 is 2.23 bits per heavy atom. The van der Waals surface area contributed by atoms with Crippen LogP contribution in [-0.4, -0.2) is 36.0 Å². The van der Waals surface area contributed by atoms with Gasteiger partial charge in [0.1, 0.15) is 0 Å². The molecule has 0 spiro atoms. The highest BCUT2D eigenvalue weighted by Crippen LogP contribution is 2.31. The lowest BCUT2D eigenvalue weighted by Gasteiger charge is -2.36. The van der Waals surface area contributed by atoms with Crippen LogP contribution in [0.3, 0.4) is 0 Å². The zero-order valence-corrected chi connectivity index (χ0v) is 15.9. The topological polar surface area (TPSA) is 32.3 Å². The van der Waals surface area contributed by atoms with Crippen molar-refractivity contribution in [3.05, 3.63) is 35.4 Å². The number of carbonyl (C=O) groups is 1. The van der Waals surface area contributed by atoms with E-state index in [4.69, 9.17) is 0 Å². The molecule has 3 atom stereocenters. The Morgan fingerprint density at radius 2 is 1.73 bits per heavy atom. The number of fused-ring (bicyclic) bond motifs is 2. The summed E-state index contributed by atoms with van der Waals surface area (Å²) in [5, 5.41) is 3.57. The zero-order chi connectivity index (χ0) is 18.2. The summed E-state index contributed by atoms with van der Waals surface area (Å²) in [4.78, 5) is 14.6. The van der Waals surface area contributed by atoms with E-state index in [0.29, 0.717) is 18.5 Å². The highest BCUT2D eigenvalue weighted by molar-refractivity contribution is 5.85. The molecule has 2 heterocycles. The predicted molar refractivity (Wildman–Crippen MR) is 97.3 cm³/mol. The normalized spacial score (nSPS) is 26.1. The third-order valence-electron chi connectivity index (χ3n) is 5.59. The Hall–Kier alpha value is -1.27. The van der Waals surface area contributed by atoms with E-state index in [1.165, 1.54) is 25.0 Å². The van der Waals surface area contributed by atoms with E-state index in [1.54, 1.807) is 0 Å². The largest absolute Gasteiger partial charge is 0.416 e. The summed E-state index contributed by atoms with van der Waals surface area (Å²) >= 11 is 0. The van der Waals surface area contributed by atoms with Crippen molar-refractivity contribution in [1.82, 2.24) is 10.2 Å². The van der Waals surface area contributed by atoms with E-state index in [9.17, 15) is 18.0 Å². The summed E-state index contributed by atoms with van der Waals surface area (Å²) in [6.07, 6.45) is 0.486. The van der Waals surface area contributed by atoms with Gasteiger partial charge in [-0.25, -0.2) is 0 Å². The number of nitrogens with one attached hydrogen (secondary N) is 1. The van der Waals surface area contributed by atoms with Gasteiger partial charge in [0.05, 0.1) is 5.56 Å². The molecule has 2 saturated heterocycles. The van der Waals surface area contributed by atoms with Gasteiger partial charge in [-0.15, -0.1) is 12.4 Å². The molecule has 0 aromatic heterocycles. The quantitative estimate of drug-likeness (QED) is 0.841. The van der Waals surface area contributed by atoms with Gasteiger partial charge in [-0.2, -0.15) is 13.2 Å². The summed E-state index contributed by atoms with van der Waals surface area (Å²) < 4.78 is 37.9. The first-order chi connectivity index (χ1) is 11.7. The number of nitrogens with zero attached hydrogens (tertiary/aromatic N) is 1. The third kappa shape index (κ3) is 4.71. The number of carbonyl (C=O) groups excluding carboxylic acids is 1. The number of halogens is 4. The van der Waals surface area contributed by atoms with Crippen molar-refractivity contribution in [1.29, 1.82) is 0 Å². The van der Waals surface area contributed by atoms with Gasteiger partial charge in [-0.05, 0) is 49.8 Å². The van der Waals surface area contributed by atoms with Crippen LogP contribution in [-0.2, 0) is 17.4 Å². The predicted octanol–water partition coefficient (Wildman–Crippen LogP) is 4.05. The van der Waals surface area contributed by atoms with Crippen LogP contribution in [0.4, 0.5) is 13.2 Å². The molecular formula is C19H26ClF3N2O. The van der Waals surface area contributed by atoms with E-state index in [-0.39, 0.29) is 30.3 Å². The molecule has 2 aliphatic heterocycles. The minimum Gasteiger partial charge on any atom is -0.342 e.